The lowest BCUT2D eigenvalue weighted by molar-refractivity contribution is 0.766. The first-order valence-electron chi connectivity index (χ1n) is 9.44. The zero-order valence-electron chi connectivity index (χ0n) is 15.8. The minimum absolute atomic E-state index is 0.559. The second-order valence-electron chi connectivity index (χ2n) is 6.91. The Bertz CT molecular complexity index is 1460. The van der Waals surface area contributed by atoms with Crippen LogP contribution in [0.1, 0.15) is 16.7 Å². The number of rotatable bonds is 3. The number of hydrogen-bond donors (Lipinski definition) is 0. The Morgan fingerprint density at radius 2 is 1.70 bits per heavy atom. The van der Waals surface area contributed by atoms with Crippen molar-refractivity contribution in [1.82, 2.24) is 15.0 Å². The fourth-order valence-corrected chi connectivity index (χ4v) is 3.56. The molecule has 4 nitrogen and oxygen atoms in total. The van der Waals surface area contributed by atoms with E-state index in [0.717, 1.165) is 38.6 Å². The molecule has 1 heterocycles. The van der Waals surface area contributed by atoms with Crippen molar-refractivity contribution >= 4 is 45.6 Å². The summed E-state index contributed by atoms with van der Waals surface area (Å²) in [6, 6.07) is 27.6. The van der Waals surface area contributed by atoms with Crippen LogP contribution in [0.25, 0.3) is 39.6 Å². The summed E-state index contributed by atoms with van der Waals surface area (Å²) < 4.78 is 0. The average Bonchev–Trinajstić information content (AvgIpc) is 3.23. The van der Waals surface area contributed by atoms with E-state index in [1.807, 2.05) is 84.9 Å². The number of halogens is 1. The maximum atomic E-state index is 9.65. The zero-order valence-corrected chi connectivity index (χ0v) is 16.6. The predicted molar refractivity (Wildman–Crippen MR) is 121 cm³/mol. The van der Waals surface area contributed by atoms with Gasteiger partial charge in [-0.2, -0.15) is 10.1 Å². The Morgan fingerprint density at radius 3 is 2.53 bits per heavy atom. The fraction of sp³-hybridized carbons (Fsp3) is 0. The maximum Gasteiger partial charge on any atom is 0.121 e. The van der Waals surface area contributed by atoms with Gasteiger partial charge >= 0.3 is 0 Å². The molecule has 1 aromatic heterocycles. The molecule has 0 aliphatic rings. The molecule has 0 fully saturated rings. The van der Waals surface area contributed by atoms with Gasteiger partial charge in [-0.3, -0.25) is 0 Å². The van der Waals surface area contributed by atoms with E-state index in [-0.39, 0.29) is 0 Å². The molecular formula is C25H15ClN4. The topological polar surface area (TPSA) is 54.5 Å². The summed E-state index contributed by atoms with van der Waals surface area (Å²) in [7, 11) is 0. The maximum absolute atomic E-state index is 9.65. The minimum atomic E-state index is 0.559. The molecule has 0 aliphatic heterocycles. The summed E-state index contributed by atoms with van der Waals surface area (Å²) in [5, 5.41) is 21.8. The van der Waals surface area contributed by atoms with Crippen molar-refractivity contribution in [1.29, 1.82) is 5.26 Å². The number of nitrogens with zero attached hydrogens (tertiary/aromatic N) is 4. The van der Waals surface area contributed by atoms with E-state index in [9.17, 15) is 5.26 Å². The second kappa shape index (κ2) is 7.47. The van der Waals surface area contributed by atoms with Crippen LogP contribution >= 0.6 is 11.6 Å². The lowest BCUT2D eigenvalue weighted by atomic mass is 10.1. The summed E-state index contributed by atoms with van der Waals surface area (Å²) in [6.07, 6.45) is 3.88. The highest BCUT2D eigenvalue weighted by atomic mass is 35.5. The van der Waals surface area contributed by atoms with Crippen LogP contribution in [-0.2, 0) is 0 Å². The van der Waals surface area contributed by atoms with Gasteiger partial charge in [-0.05, 0) is 46.8 Å². The van der Waals surface area contributed by atoms with E-state index >= 15 is 0 Å². The molecular weight excluding hydrogens is 392 g/mol. The Morgan fingerprint density at radius 1 is 0.867 bits per heavy atom. The minimum Gasteiger partial charge on any atom is -0.192 e. The monoisotopic (exact) mass is 406 g/mol. The van der Waals surface area contributed by atoms with Crippen molar-refractivity contribution in [2.45, 2.75) is 0 Å². The van der Waals surface area contributed by atoms with Gasteiger partial charge in [0.05, 0.1) is 17.3 Å². The molecule has 0 saturated carbocycles. The highest BCUT2D eigenvalue weighted by molar-refractivity contribution is 6.30. The van der Waals surface area contributed by atoms with E-state index in [1.165, 1.54) is 0 Å². The van der Waals surface area contributed by atoms with Crippen molar-refractivity contribution < 1.29 is 0 Å². The second-order valence-corrected chi connectivity index (χ2v) is 7.35. The number of fused-ring (bicyclic) bond motifs is 3. The normalized spacial score (nSPS) is 11.3. The van der Waals surface area contributed by atoms with Crippen molar-refractivity contribution in [3.8, 4) is 11.8 Å². The first kappa shape index (κ1) is 18.1. The Hall–Kier alpha value is -3.94. The van der Waals surface area contributed by atoms with Crippen LogP contribution in [-0.4, -0.2) is 15.0 Å². The highest BCUT2D eigenvalue weighted by Gasteiger charge is 2.10. The van der Waals surface area contributed by atoms with E-state index in [1.54, 1.807) is 4.80 Å². The van der Waals surface area contributed by atoms with Crippen molar-refractivity contribution in [2.75, 3.05) is 0 Å². The van der Waals surface area contributed by atoms with Gasteiger partial charge in [0.1, 0.15) is 11.0 Å². The smallest absolute Gasteiger partial charge is 0.121 e. The van der Waals surface area contributed by atoms with Crippen LogP contribution in [0, 0.1) is 11.3 Å². The summed E-state index contributed by atoms with van der Waals surface area (Å²) >= 11 is 5.93. The molecule has 30 heavy (non-hydrogen) atoms. The third-order valence-corrected chi connectivity index (χ3v) is 5.24. The first-order valence-corrected chi connectivity index (χ1v) is 9.82. The first-order chi connectivity index (χ1) is 14.7. The molecule has 0 saturated heterocycles. The molecule has 0 unspecified atom stereocenters. The van der Waals surface area contributed by atoms with Crippen LogP contribution in [0.15, 0.2) is 78.9 Å². The lowest BCUT2D eigenvalue weighted by Gasteiger charge is -2.03. The molecule has 0 radical (unpaired) electrons. The van der Waals surface area contributed by atoms with Crippen LogP contribution < -0.4 is 0 Å². The molecule has 5 rings (SSSR count). The molecule has 5 aromatic rings. The van der Waals surface area contributed by atoms with E-state index < -0.39 is 0 Å². The van der Waals surface area contributed by atoms with Crippen LogP contribution in [0.3, 0.4) is 0 Å². The molecule has 0 N–H and O–H groups in total. The Labute approximate surface area is 178 Å². The Balaban J connectivity index is 1.53. The number of nitriles is 1. The highest BCUT2D eigenvalue weighted by Crippen LogP contribution is 2.24. The molecule has 0 atom stereocenters. The summed E-state index contributed by atoms with van der Waals surface area (Å²) in [5.74, 6) is 0. The van der Waals surface area contributed by atoms with Gasteiger partial charge in [-0.15, -0.1) is 10.2 Å². The SMILES string of the molecule is N#Cc1cc(-n2nc3ccc4ccccc4c3n2)ccc1C=Cc1ccc(Cl)cc1. The largest absolute Gasteiger partial charge is 0.192 e. The quantitative estimate of drug-likeness (QED) is 0.332. The summed E-state index contributed by atoms with van der Waals surface area (Å²) in [4.78, 5) is 1.59. The number of hydrogen-bond acceptors (Lipinski definition) is 3. The van der Waals surface area contributed by atoms with Gasteiger partial charge < -0.3 is 0 Å². The van der Waals surface area contributed by atoms with E-state index in [2.05, 4.69) is 22.3 Å². The van der Waals surface area contributed by atoms with Crippen LogP contribution in [0.4, 0.5) is 0 Å². The van der Waals surface area contributed by atoms with Crippen LogP contribution in [0.5, 0.6) is 0 Å². The van der Waals surface area contributed by atoms with Crippen LogP contribution in [0.2, 0.25) is 5.02 Å². The molecule has 0 bridgehead atoms. The zero-order chi connectivity index (χ0) is 20.5. The summed E-state index contributed by atoms with van der Waals surface area (Å²) in [6.45, 7) is 0. The van der Waals surface area contributed by atoms with Gasteiger partial charge in [0.2, 0.25) is 0 Å². The molecule has 0 aliphatic carbocycles. The van der Waals surface area contributed by atoms with Crippen molar-refractivity contribution in [3.63, 3.8) is 0 Å². The fourth-order valence-electron chi connectivity index (χ4n) is 3.43. The summed E-state index contributed by atoms with van der Waals surface area (Å²) in [5.41, 5.74) is 4.81. The van der Waals surface area contributed by atoms with Gasteiger partial charge in [-0.1, -0.05) is 72.3 Å². The van der Waals surface area contributed by atoms with E-state index in [4.69, 9.17) is 11.6 Å². The molecule has 5 heteroatoms. The number of benzene rings is 4. The average molecular weight is 407 g/mol. The molecule has 0 spiro atoms. The number of aromatic nitrogens is 3. The molecule has 142 valence electrons. The third-order valence-electron chi connectivity index (χ3n) is 4.99. The third kappa shape index (κ3) is 3.32. The van der Waals surface area contributed by atoms with E-state index in [0.29, 0.717) is 10.6 Å². The Kier molecular flexibility index (Phi) is 4.51. The van der Waals surface area contributed by atoms with Gasteiger partial charge in [0.25, 0.3) is 0 Å². The molecule has 0 amide bonds. The van der Waals surface area contributed by atoms with Crippen molar-refractivity contribution in [2.24, 2.45) is 0 Å². The van der Waals surface area contributed by atoms with Crippen molar-refractivity contribution in [3.05, 3.63) is 101 Å². The van der Waals surface area contributed by atoms with Gasteiger partial charge in [-0.25, -0.2) is 0 Å². The lowest BCUT2D eigenvalue weighted by Crippen LogP contribution is -1.99. The molecule has 4 aromatic carbocycles. The standard InChI is InChI=1S/C25H15ClN4/c26-21-11-6-17(7-12-21)5-8-18-9-13-22(15-20(18)16-27)30-28-24-14-10-19-3-1-2-4-23(19)25(24)29-30/h1-15H. The predicted octanol–water partition coefficient (Wildman–Crippen LogP) is 6.27. The van der Waals surface area contributed by atoms with Gasteiger partial charge in [0, 0.05) is 10.4 Å². The van der Waals surface area contributed by atoms with Gasteiger partial charge in [0.15, 0.2) is 0 Å².